The smallest absolute Gasteiger partial charge is 0.126 e. The average Bonchev–Trinajstić information content (AvgIpc) is 3.03. The Labute approximate surface area is 147 Å². The molecule has 2 fully saturated rings. The minimum absolute atomic E-state index is 0.713. The highest BCUT2D eigenvalue weighted by atomic mass is 28.3. The third-order valence-electron chi connectivity index (χ3n) is 6.65. The van der Waals surface area contributed by atoms with E-state index in [1.165, 1.54) is 19.5 Å². The van der Waals surface area contributed by atoms with Crippen LogP contribution in [0.25, 0.3) is 0 Å². The maximum Gasteiger partial charge on any atom is 0.126 e. The molecule has 3 aliphatic rings. The van der Waals surface area contributed by atoms with Crippen molar-refractivity contribution in [2.75, 3.05) is 26.2 Å². The first-order valence-electron chi connectivity index (χ1n) is 9.53. The first-order chi connectivity index (χ1) is 11.7. The molecule has 1 aromatic rings. The van der Waals surface area contributed by atoms with Crippen molar-refractivity contribution in [3.8, 4) is 0 Å². The molecule has 1 heterocycles. The molecule has 3 heteroatoms. The number of hydrogen-bond donors (Lipinski definition) is 1. The van der Waals surface area contributed by atoms with Crippen LogP contribution in [0.3, 0.4) is 0 Å². The summed E-state index contributed by atoms with van der Waals surface area (Å²) in [6.07, 6.45) is 10.9. The highest BCUT2D eigenvalue weighted by molar-refractivity contribution is 6.76. The predicted octanol–water partition coefficient (Wildman–Crippen LogP) is 4.01. The second kappa shape index (κ2) is 6.62. The van der Waals surface area contributed by atoms with Crippen molar-refractivity contribution < 1.29 is 0 Å². The number of rotatable bonds is 3. The van der Waals surface area contributed by atoms with Crippen LogP contribution < -0.4 is 5.32 Å². The van der Waals surface area contributed by atoms with Crippen LogP contribution in [-0.2, 0) is 0 Å². The summed E-state index contributed by atoms with van der Waals surface area (Å²) in [5, 5.41) is 3.53. The Bertz CT molecular complexity index is 616. The maximum absolute atomic E-state index is 3.53. The van der Waals surface area contributed by atoms with Gasteiger partial charge in [0.05, 0.1) is 0 Å². The minimum atomic E-state index is -1.52. The Morgan fingerprint density at radius 1 is 1.00 bits per heavy atom. The second-order valence-corrected chi connectivity index (χ2v) is 12.8. The van der Waals surface area contributed by atoms with E-state index < -0.39 is 8.24 Å². The molecule has 0 radical (unpaired) electrons. The van der Waals surface area contributed by atoms with Crippen LogP contribution in [0.1, 0.15) is 17.9 Å². The van der Waals surface area contributed by atoms with Gasteiger partial charge in [0, 0.05) is 26.2 Å². The Morgan fingerprint density at radius 2 is 1.71 bits per heavy atom. The van der Waals surface area contributed by atoms with Gasteiger partial charge in [-0.25, -0.2) is 0 Å². The fourth-order valence-electron chi connectivity index (χ4n) is 5.46. The summed E-state index contributed by atoms with van der Waals surface area (Å²) in [6, 6.07) is 11.3. The van der Waals surface area contributed by atoms with E-state index in [4.69, 9.17) is 0 Å². The molecule has 0 aromatic heterocycles. The van der Waals surface area contributed by atoms with Gasteiger partial charge in [-0.3, -0.25) is 0 Å². The third-order valence-corrected chi connectivity index (χ3v) is 11.1. The first-order valence-corrected chi connectivity index (χ1v) is 12.6. The van der Waals surface area contributed by atoms with Gasteiger partial charge in [-0.1, -0.05) is 67.7 Å². The van der Waals surface area contributed by atoms with Crippen LogP contribution in [0, 0.1) is 11.8 Å². The number of nitrogens with one attached hydrogen (secondary N) is 1. The molecule has 4 atom stereocenters. The molecular weight excluding hydrogens is 308 g/mol. The molecule has 0 spiro atoms. The summed E-state index contributed by atoms with van der Waals surface area (Å²) in [7, 11) is -1.52. The molecule has 2 aliphatic carbocycles. The fourth-order valence-corrected chi connectivity index (χ4v) is 9.87. The largest absolute Gasteiger partial charge is 0.321 e. The van der Waals surface area contributed by atoms with E-state index in [0.717, 1.165) is 30.5 Å². The zero-order valence-corrected chi connectivity index (χ0v) is 16.0. The summed E-state index contributed by atoms with van der Waals surface area (Å²) in [5.74, 6) is 2.18. The lowest BCUT2D eigenvalue weighted by molar-refractivity contribution is 0.344. The molecule has 24 heavy (non-hydrogen) atoms. The zero-order valence-electron chi connectivity index (χ0n) is 15.0. The normalized spacial score (nSPS) is 33.6. The van der Waals surface area contributed by atoms with Gasteiger partial charge in [-0.05, 0) is 35.3 Å². The Balaban J connectivity index is 1.70. The van der Waals surface area contributed by atoms with Gasteiger partial charge in [0.15, 0.2) is 0 Å². The monoisotopic (exact) mass is 338 g/mol. The number of nitrogens with zero attached hydrogens (tertiary/aromatic N) is 1. The highest BCUT2D eigenvalue weighted by Crippen LogP contribution is 2.57. The van der Waals surface area contributed by atoms with Crippen molar-refractivity contribution in [1.29, 1.82) is 0 Å². The molecule has 1 N–H and O–H groups in total. The molecule has 4 rings (SSSR count). The van der Waals surface area contributed by atoms with Crippen LogP contribution >= 0.6 is 0 Å². The van der Waals surface area contributed by atoms with Crippen molar-refractivity contribution in [3.63, 3.8) is 0 Å². The van der Waals surface area contributed by atoms with Crippen LogP contribution in [-0.4, -0.2) is 39.0 Å². The predicted molar refractivity (Wildman–Crippen MR) is 105 cm³/mol. The van der Waals surface area contributed by atoms with Gasteiger partial charge in [0.25, 0.3) is 0 Å². The lowest BCUT2D eigenvalue weighted by Crippen LogP contribution is -2.60. The average molecular weight is 339 g/mol. The van der Waals surface area contributed by atoms with Gasteiger partial charge < -0.3 is 9.88 Å². The molecule has 1 saturated carbocycles. The standard InChI is InChI=1S/C21H30N2Si/c1-24(2,23-14-12-22-13-15-23)21-19-11-7-6-10-18(19)16-20(21)17-8-4-3-5-9-17/h3-11,18-22H,12-16H2,1-2H3. The molecule has 0 bridgehead atoms. The Morgan fingerprint density at radius 3 is 2.46 bits per heavy atom. The molecular formula is C21H30N2Si. The molecule has 1 aromatic carbocycles. The molecule has 4 unspecified atom stereocenters. The van der Waals surface area contributed by atoms with Crippen molar-refractivity contribution in [3.05, 3.63) is 60.2 Å². The molecule has 0 amide bonds. The summed E-state index contributed by atoms with van der Waals surface area (Å²) in [4.78, 5) is 0. The summed E-state index contributed by atoms with van der Waals surface area (Å²) >= 11 is 0. The molecule has 1 saturated heterocycles. The summed E-state index contributed by atoms with van der Waals surface area (Å²) < 4.78 is 2.87. The SMILES string of the molecule is C[Si](C)(C1C(c2ccccc2)CC2C=CC=CC21)N1CCNCC1. The van der Waals surface area contributed by atoms with Gasteiger partial charge >= 0.3 is 0 Å². The van der Waals surface area contributed by atoms with Crippen molar-refractivity contribution in [1.82, 2.24) is 9.88 Å². The van der Waals surface area contributed by atoms with Crippen LogP contribution in [0.5, 0.6) is 0 Å². The third kappa shape index (κ3) is 2.83. The second-order valence-electron chi connectivity index (χ2n) is 8.18. The summed E-state index contributed by atoms with van der Waals surface area (Å²) in [5.41, 5.74) is 2.37. The first kappa shape index (κ1) is 16.3. The minimum Gasteiger partial charge on any atom is -0.321 e. The van der Waals surface area contributed by atoms with Crippen molar-refractivity contribution >= 4 is 8.24 Å². The van der Waals surface area contributed by atoms with E-state index in [-0.39, 0.29) is 0 Å². The van der Waals surface area contributed by atoms with Crippen molar-refractivity contribution in [2.24, 2.45) is 11.8 Å². The van der Waals surface area contributed by atoms with Gasteiger partial charge in [-0.2, -0.15) is 0 Å². The van der Waals surface area contributed by atoms with Crippen molar-refractivity contribution in [2.45, 2.75) is 31.0 Å². The number of benzene rings is 1. The lowest BCUT2D eigenvalue weighted by Gasteiger charge is -2.47. The molecule has 1 aliphatic heterocycles. The molecule has 128 valence electrons. The van der Waals surface area contributed by atoms with E-state index in [1.54, 1.807) is 5.56 Å². The van der Waals surface area contributed by atoms with E-state index in [2.05, 4.69) is 77.6 Å². The van der Waals surface area contributed by atoms with Gasteiger partial charge in [0.1, 0.15) is 8.24 Å². The van der Waals surface area contributed by atoms with E-state index in [0.29, 0.717) is 5.92 Å². The zero-order chi connectivity index (χ0) is 16.6. The fraction of sp³-hybridized carbons (Fsp3) is 0.524. The number of allylic oxidation sites excluding steroid dienone is 4. The highest BCUT2D eigenvalue weighted by Gasteiger charge is 2.52. The molecule has 2 nitrogen and oxygen atoms in total. The Kier molecular flexibility index (Phi) is 4.50. The summed E-state index contributed by atoms with van der Waals surface area (Å²) in [6.45, 7) is 10.0. The lowest BCUT2D eigenvalue weighted by atomic mass is 9.92. The number of hydrogen-bond acceptors (Lipinski definition) is 2. The van der Waals surface area contributed by atoms with Crippen LogP contribution in [0.4, 0.5) is 0 Å². The quantitative estimate of drug-likeness (QED) is 0.838. The van der Waals surface area contributed by atoms with Gasteiger partial charge in [-0.15, -0.1) is 0 Å². The van der Waals surface area contributed by atoms with Crippen LogP contribution in [0.2, 0.25) is 18.6 Å². The van der Waals surface area contributed by atoms with E-state index >= 15 is 0 Å². The van der Waals surface area contributed by atoms with Gasteiger partial charge in [0.2, 0.25) is 0 Å². The van der Waals surface area contributed by atoms with E-state index in [1.807, 2.05) is 0 Å². The number of fused-ring (bicyclic) bond motifs is 1. The van der Waals surface area contributed by atoms with Crippen LogP contribution in [0.15, 0.2) is 54.6 Å². The Hall–Kier alpha value is -1.16. The number of piperazine rings is 1. The topological polar surface area (TPSA) is 15.3 Å². The maximum atomic E-state index is 3.53. The van der Waals surface area contributed by atoms with E-state index in [9.17, 15) is 0 Å².